The maximum atomic E-state index is 13.1. The smallest absolute Gasteiger partial charge is 0.462 e. The third-order valence-corrected chi connectivity index (χ3v) is 20.6. The molecule has 17 nitrogen and oxygen atoms in total. The molecule has 19 heteroatoms. The first-order chi connectivity index (χ1) is 47.9. The highest BCUT2D eigenvalue weighted by Gasteiger charge is 2.30. The fourth-order valence-corrected chi connectivity index (χ4v) is 13.9. The minimum atomic E-state index is -4.96. The lowest BCUT2D eigenvalue weighted by Gasteiger charge is -2.21. The molecule has 0 aromatic rings. The first kappa shape index (κ1) is 97.1. The van der Waals surface area contributed by atoms with Crippen molar-refractivity contribution >= 4 is 39.5 Å². The summed E-state index contributed by atoms with van der Waals surface area (Å²) in [6.45, 7) is 9.63. The van der Waals surface area contributed by atoms with Gasteiger partial charge in [-0.1, -0.05) is 369 Å². The van der Waals surface area contributed by atoms with Gasteiger partial charge < -0.3 is 33.8 Å². The summed E-state index contributed by atoms with van der Waals surface area (Å²) in [7, 11) is -9.92. The Morgan fingerprint density at radius 2 is 0.465 bits per heavy atom. The van der Waals surface area contributed by atoms with Gasteiger partial charge in [-0.05, 0) is 37.5 Å². The average molecular weight is 1450 g/mol. The normalized spacial score (nSPS) is 13.9. The van der Waals surface area contributed by atoms with E-state index in [1.807, 2.05) is 0 Å². The number of hydrogen-bond acceptors (Lipinski definition) is 15. The molecule has 5 atom stereocenters. The molecule has 0 bridgehead atoms. The Kier molecular flexibility index (Phi) is 70.3. The van der Waals surface area contributed by atoms with Crippen LogP contribution >= 0.6 is 15.6 Å². The maximum absolute atomic E-state index is 13.1. The maximum Gasteiger partial charge on any atom is 0.472 e. The number of ether oxygens (including phenoxy) is 4. The number of aliphatic hydroxyl groups is 1. The summed E-state index contributed by atoms with van der Waals surface area (Å²) in [5.41, 5.74) is 0. The fraction of sp³-hybridized carbons (Fsp3) is 0.950. The van der Waals surface area contributed by atoms with E-state index in [4.69, 9.17) is 37.0 Å². The summed E-state index contributed by atoms with van der Waals surface area (Å²) in [4.78, 5) is 73.0. The SMILES string of the molecule is CCCCCCCCCCCCCCCCCCCCCC(=O)O[C@H](COC(=O)CCCCCCCCCCCCCCC(C)C)COP(=O)(O)OC[C@@H](O)COP(=O)(O)OC[C@@H](COC(=O)CCCCCCCCCCCC(C)C)OC(=O)CCCCCCCCCCCCCCC. The van der Waals surface area contributed by atoms with Gasteiger partial charge in [-0.2, -0.15) is 0 Å². The van der Waals surface area contributed by atoms with E-state index in [1.165, 1.54) is 238 Å². The number of phosphoric acid groups is 2. The van der Waals surface area contributed by atoms with E-state index < -0.39 is 97.5 Å². The summed E-state index contributed by atoms with van der Waals surface area (Å²) >= 11 is 0. The Bertz CT molecular complexity index is 1910. The molecule has 0 aliphatic rings. The third-order valence-electron chi connectivity index (χ3n) is 18.7. The minimum absolute atomic E-state index is 0.107. The Balaban J connectivity index is 5.25. The van der Waals surface area contributed by atoms with Gasteiger partial charge in [-0.25, -0.2) is 9.13 Å². The summed E-state index contributed by atoms with van der Waals surface area (Å²) in [6, 6.07) is 0. The second-order valence-corrected chi connectivity index (χ2v) is 32.7. The summed E-state index contributed by atoms with van der Waals surface area (Å²) in [5, 5.41) is 10.6. The first-order valence-corrected chi connectivity index (χ1v) is 44.5. The summed E-state index contributed by atoms with van der Waals surface area (Å²) < 4.78 is 68.7. The van der Waals surface area contributed by atoms with Crippen LogP contribution in [0.4, 0.5) is 0 Å². The molecule has 0 fully saturated rings. The van der Waals surface area contributed by atoms with Crippen LogP contribution < -0.4 is 0 Å². The van der Waals surface area contributed by atoms with Gasteiger partial charge in [0.2, 0.25) is 0 Å². The Morgan fingerprint density at radius 3 is 0.687 bits per heavy atom. The summed E-state index contributed by atoms with van der Waals surface area (Å²) in [6.07, 6.45) is 61.0. The molecule has 0 heterocycles. The molecule has 0 aliphatic heterocycles. The van der Waals surface area contributed by atoms with Crippen LogP contribution in [0.15, 0.2) is 0 Å². The number of hydrogen-bond donors (Lipinski definition) is 3. The molecule has 0 aliphatic carbocycles. The molecule has 0 amide bonds. The zero-order chi connectivity index (χ0) is 72.8. The van der Waals surface area contributed by atoms with Crippen LogP contribution in [0, 0.1) is 11.8 Å². The Morgan fingerprint density at radius 1 is 0.273 bits per heavy atom. The molecule has 0 rings (SSSR count). The van der Waals surface area contributed by atoms with Crippen molar-refractivity contribution in [1.29, 1.82) is 0 Å². The van der Waals surface area contributed by atoms with E-state index in [-0.39, 0.29) is 25.7 Å². The van der Waals surface area contributed by atoms with Crippen LogP contribution in [-0.2, 0) is 65.4 Å². The molecule has 588 valence electrons. The van der Waals surface area contributed by atoms with E-state index in [9.17, 15) is 43.2 Å². The second-order valence-electron chi connectivity index (χ2n) is 29.8. The van der Waals surface area contributed by atoms with Gasteiger partial charge in [-0.15, -0.1) is 0 Å². The van der Waals surface area contributed by atoms with Gasteiger partial charge in [0.1, 0.15) is 19.3 Å². The number of esters is 4. The first-order valence-electron chi connectivity index (χ1n) is 41.5. The molecule has 3 N–H and O–H groups in total. The standard InChI is InChI=1S/C80H156O17P2/c1-7-9-11-13-15-17-19-21-22-23-24-25-26-28-34-40-47-53-59-65-80(85)96-75(68-90-77(82)62-56-50-44-38-32-30-29-31-36-42-48-54-60-72(3)4)70-94-98(86,87)92-66-74(81)67-93-99(88,89)95-71-76(69-91-78(83)63-57-51-45-41-35-37-43-49-55-61-73(5)6)97-79(84)64-58-52-46-39-33-27-20-18-16-14-12-10-8-2/h72-76,81H,7-71H2,1-6H3,(H,86,87)(H,88,89)/t74-,75-,76-/m1/s1. The van der Waals surface area contributed by atoms with Gasteiger partial charge in [0.25, 0.3) is 0 Å². The van der Waals surface area contributed by atoms with Gasteiger partial charge in [-0.3, -0.25) is 37.3 Å². The number of carbonyl (C=O) groups is 4. The van der Waals surface area contributed by atoms with Crippen LogP contribution in [0.1, 0.15) is 420 Å². The molecular formula is C80H156O17P2. The van der Waals surface area contributed by atoms with Gasteiger partial charge in [0.05, 0.1) is 26.4 Å². The molecule has 0 radical (unpaired) electrons. The topological polar surface area (TPSA) is 237 Å². The highest BCUT2D eigenvalue weighted by atomic mass is 31.2. The second kappa shape index (κ2) is 71.7. The molecule has 2 unspecified atom stereocenters. The van der Waals surface area contributed by atoms with Crippen molar-refractivity contribution in [3.05, 3.63) is 0 Å². The van der Waals surface area contributed by atoms with Crippen molar-refractivity contribution < 1.29 is 80.2 Å². The van der Waals surface area contributed by atoms with Crippen LogP contribution in [0.3, 0.4) is 0 Å². The number of aliphatic hydroxyl groups excluding tert-OH is 1. The van der Waals surface area contributed by atoms with Crippen molar-refractivity contribution in [2.24, 2.45) is 11.8 Å². The van der Waals surface area contributed by atoms with Crippen molar-refractivity contribution in [3.63, 3.8) is 0 Å². The quantitative estimate of drug-likeness (QED) is 0.0222. The van der Waals surface area contributed by atoms with Gasteiger partial charge in [0.15, 0.2) is 12.2 Å². The molecule has 0 aromatic heterocycles. The largest absolute Gasteiger partial charge is 0.472 e. The highest BCUT2D eigenvalue weighted by molar-refractivity contribution is 7.47. The van der Waals surface area contributed by atoms with Gasteiger partial charge in [0, 0.05) is 25.7 Å². The zero-order valence-electron chi connectivity index (χ0n) is 64.8. The van der Waals surface area contributed by atoms with E-state index in [2.05, 4.69) is 41.5 Å². The van der Waals surface area contributed by atoms with Crippen molar-refractivity contribution in [1.82, 2.24) is 0 Å². The Hall–Kier alpha value is -1.94. The van der Waals surface area contributed by atoms with E-state index in [0.29, 0.717) is 25.7 Å². The predicted molar refractivity (Wildman–Crippen MR) is 405 cm³/mol. The number of rotatable bonds is 79. The Labute approximate surface area is 607 Å². The predicted octanol–water partition coefficient (Wildman–Crippen LogP) is 23.9. The number of unbranched alkanes of at least 4 members (excludes halogenated alkanes) is 49. The molecule has 0 saturated carbocycles. The van der Waals surface area contributed by atoms with Crippen molar-refractivity contribution in [3.8, 4) is 0 Å². The van der Waals surface area contributed by atoms with E-state index in [1.54, 1.807) is 0 Å². The van der Waals surface area contributed by atoms with E-state index >= 15 is 0 Å². The third kappa shape index (κ3) is 74.1. The molecule has 0 spiro atoms. The van der Waals surface area contributed by atoms with E-state index in [0.717, 1.165) is 102 Å². The monoisotopic (exact) mass is 1450 g/mol. The molecular weight excluding hydrogens is 1290 g/mol. The van der Waals surface area contributed by atoms with Crippen LogP contribution in [0.25, 0.3) is 0 Å². The number of phosphoric ester groups is 2. The lowest BCUT2D eigenvalue weighted by Crippen LogP contribution is -2.30. The summed E-state index contributed by atoms with van der Waals surface area (Å²) in [5.74, 6) is -0.583. The molecule has 0 saturated heterocycles. The van der Waals surface area contributed by atoms with Crippen LogP contribution in [0.5, 0.6) is 0 Å². The average Bonchev–Trinajstić information content (AvgIpc) is 1.21. The van der Waals surface area contributed by atoms with Crippen LogP contribution in [-0.4, -0.2) is 96.7 Å². The number of carbonyl (C=O) groups excluding carboxylic acids is 4. The van der Waals surface area contributed by atoms with Crippen molar-refractivity contribution in [2.75, 3.05) is 39.6 Å². The minimum Gasteiger partial charge on any atom is -0.462 e. The fourth-order valence-electron chi connectivity index (χ4n) is 12.4. The molecule has 99 heavy (non-hydrogen) atoms. The van der Waals surface area contributed by atoms with Crippen LogP contribution in [0.2, 0.25) is 0 Å². The lowest BCUT2D eigenvalue weighted by atomic mass is 10.0. The highest BCUT2D eigenvalue weighted by Crippen LogP contribution is 2.45. The molecule has 0 aromatic carbocycles. The zero-order valence-corrected chi connectivity index (χ0v) is 66.6. The van der Waals surface area contributed by atoms with Crippen molar-refractivity contribution in [2.45, 2.75) is 439 Å². The lowest BCUT2D eigenvalue weighted by molar-refractivity contribution is -0.161. The van der Waals surface area contributed by atoms with Gasteiger partial charge >= 0.3 is 39.5 Å².